The van der Waals surface area contributed by atoms with Crippen LogP contribution in [0.2, 0.25) is 0 Å². The molecule has 0 aliphatic carbocycles. The van der Waals surface area contributed by atoms with Crippen LogP contribution in [-0.4, -0.2) is 27.8 Å². The fourth-order valence-corrected chi connectivity index (χ4v) is 1.96. The fraction of sp³-hybridized carbons (Fsp3) is 0.357. The van der Waals surface area contributed by atoms with E-state index in [4.69, 9.17) is 4.74 Å². The molecule has 20 heavy (non-hydrogen) atoms. The van der Waals surface area contributed by atoms with Crippen molar-refractivity contribution in [1.29, 1.82) is 0 Å². The first-order chi connectivity index (χ1) is 9.76. The van der Waals surface area contributed by atoms with E-state index in [2.05, 4.69) is 15.5 Å². The lowest BCUT2D eigenvalue weighted by molar-refractivity contribution is -0.131. The van der Waals surface area contributed by atoms with Gasteiger partial charge in [0.05, 0.1) is 6.54 Å². The van der Waals surface area contributed by atoms with Gasteiger partial charge in [-0.2, -0.15) is 0 Å². The highest BCUT2D eigenvalue weighted by Gasteiger charge is 2.19. The Kier molecular flexibility index (Phi) is 4.84. The highest BCUT2D eigenvalue weighted by atomic mass is 16.5. The van der Waals surface area contributed by atoms with E-state index in [1.807, 2.05) is 41.8 Å². The van der Waals surface area contributed by atoms with Gasteiger partial charge in [0.25, 0.3) is 5.91 Å². The summed E-state index contributed by atoms with van der Waals surface area (Å²) in [7, 11) is 1.52. The van der Waals surface area contributed by atoms with Gasteiger partial charge in [-0.05, 0) is 12.5 Å². The quantitative estimate of drug-likeness (QED) is 0.862. The summed E-state index contributed by atoms with van der Waals surface area (Å²) < 4.78 is 7.15. The van der Waals surface area contributed by atoms with Gasteiger partial charge in [-0.25, -0.2) is 0 Å². The molecule has 0 unspecified atom stereocenters. The molecule has 0 spiro atoms. The molecule has 6 heteroatoms. The summed E-state index contributed by atoms with van der Waals surface area (Å²) in [4.78, 5) is 12.2. The first-order valence-corrected chi connectivity index (χ1v) is 6.48. The van der Waals surface area contributed by atoms with Crippen molar-refractivity contribution in [3.05, 3.63) is 48.0 Å². The van der Waals surface area contributed by atoms with Gasteiger partial charge in [0.2, 0.25) is 0 Å². The van der Waals surface area contributed by atoms with Crippen molar-refractivity contribution < 1.29 is 9.53 Å². The van der Waals surface area contributed by atoms with Crippen LogP contribution >= 0.6 is 0 Å². The minimum atomic E-state index is -0.616. The first kappa shape index (κ1) is 14.2. The van der Waals surface area contributed by atoms with Crippen LogP contribution in [0.4, 0.5) is 0 Å². The van der Waals surface area contributed by atoms with Crippen molar-refractivity contribution >= 4 is 5.91 Å². The number of aryl methyl sites for hydroxylation is 1. The fourth-order valence-electron chi connectivity index (χ4n) is 1.96. The van der Waals surface area contributed by atoms with Crippen LogP contribution in [0.25, 0.3) is 0 Å². The molecule has 2 rings (SSSR count). The highest BCUT2D eigenvalue weighted by molar-refractivity contribution is 5.82. The smallest absolute Gasteiger partial charge is 0.254 e. The molecule has 1 heterocycles. The van der Waals surface area contributed by atoms with Crippen molar-refractivity contribution in [3.8, 4) is 0 Å². The molecular formula is C14H18N4O2. The Labute approximate surface area is 117 Å². The maximum atomic E-state index is 12.2. The third-order valence-corrected chi connectivity index (χ3v) is 3.03. The summed E-state index contributed by atoms with van der Waals surface area (Å²) >= 11 is 0. The molecule has 1 N–H and O–H groups in total. The van der Waals surface area contributed by atoms with E-state index < -0.39 is 6.10 Å². The molecular weight excluding hydrogens is 256 g/mol. The van der Waals surface area contributed by atoms with Crippen molar-refractivity contribution in [2.45, 2.75) is 26.1 Å². The van der Waals surface area contributed by atoms with Gasteiger partial charge < -0.3 is 14.6 Å². The third kappa shape index (κ3) is 3.21. The monoisotopic (exact) mass is 274 g/mol. The van der Waals surface area contributed by atoms with Crippen molar-refractivity contribution in [1.82, 2.24) is 20.1 Å². The number of hydrogen-bond acceptors (Lipinski definition) is 4. The molecule has 106 valence electrons. The lowest BCUT2D eigenvalue weighted by atomic mass is 10.1. The summed E-state index contributed by atoms with van der Waals surface area (Å²) in [6.07, 6.45) is 1.03. The molecule has 0 saturated heterocycles. The molecule has 1 amide bonds. The second-order valence-electron chi connectivity index (χ2n) is 4.28. The van der Waals surface area contributed by atoms with Crippen LogP contribution in [0.15, 0.2) is 36.7 Å². The number of benzene rings is 1. The summed E-state index contributed by atoms with van der Waals surface area (Å²) in [5, 5.41) is 10.6. The van der Waals surface area contributed by atoms with Gasteiger partial charge >= 0.3 is 0 Å². The van der Waals surface area contributed by atoms with E-state index in [-0.39, 0.29) is 5.91 Å². The van der Waals surface area contributed by atoms with E-state index in [0.717, 1.165) is 17.9 Å². The molecule has 0 aliphatic rings. The molecule has 1 aromatic heterocycles. The minimum Gasteiger partial charge on any atom is -0.367 e. The number of nitrogens with one attached hydrogen (secondary N) is 1. The molecule has 0 radical (unpaired) electrons. The highest BCUT2D eigenvalue weighted by Crippen LogP contribution is 2.16. The summed E-state index contributed by atoms with van der Waals surface area (Å²) in [6.45, 7) is 3.10. The van der Waals surface area contributed by atoms with Gasteiger partial charge in [-0.15, -0.1) is 10.2 Å². The molecule has 0 bridgehead atoms. The zero-order valence-electron chi connectivity index (χ0n) is 11.6. The molecule has 0 fully saturated rings. The van der Waals surface area contributed by atoms with Crippen molar-refractivity contribution in [2.75, 3.05) is 7.11 Å². The average molecular weight is 274 g/mol. The van der Waals surface area contributed by atoms with Crippen LogP contribution in [0.1, 0.15) is 24.4 Å². The number of aromatic nitrogens is 3. The van der Waals surface area contributed by atoms with E-state index in [1.165, 1.54) is 7.11 Å². The lowest BCUT2D eigenvalue weighted by Crippen LogP contribution is -2.31. The largest absolute Gasteiger partial charge is 0.367 e. The topological polar surface area (TPSA) is 69.0 Å². The maximum Gasteiger partial charge on any atom is 0.254 e. The Morgan fingerprint density at radius 3 is 2.80 bits per heavy atom. The number of carbonyl (C=O) groups excluding carboxylic acids is 1. The lowest BCUT2D eigenvalue weighted by Gasteiger charge is -2.15. The maximum absolute atomic E-state index is 12.2. The number of methoxy groups -OCH3 is 1. The number of rotatable bonds is 6. The Morgan fingerprint density at radius 2 is 2.15 bits per heavy atom. The molecule has 0 saturated carbocycles. The van der Waals surface area contributed by atoms with Crippen LogP contribution in [0.3, 0.4) is 0 Å². The van der Waals surface area contributed by atoms with Crippen LogP contribution in [0.5, 0.6) is 0 Å². The molecule has 2 aromatic rings. The van der Waals surface area contributed by atoms with Crippen LogP contribution in [-0.2, 0) is 22.6 Å². The Bertz CT molecular complexity index is 553. The second kappa shape index (κ2) is 6.81. The van der Waals surface area contributed by atoms with Crippen molar-refractivity contribution in [3.63, 3.8) is 0 Å². The standard InChI is InChI=1S/C14H18N4O2/c1-3-18-10-16-17-12(18)9-15-14(19)13(20-2)11-7-5-4-6-8-11/h4-8,10,13H,3,9H2,1-2H3,(H,15,19)/t13-/m0/s1. The van der Waals surface area contributed by atoms with Gasteiger partial charge in [0, 0.05) is 13.7 Å². The van der Waals surface area contributed by atoms with Gasteiger partial charge in [-0.1, -0.05) is 30.3 Å². The minimum absolute atomic E-state index is 0.190. The average Bonchev–Trinajstić information content (AvgIpc) is 2.94. The number of amides is 1. The predicted octanol–water partition coefficient (Wildman–Crippen LogP) is 1.30. The normalized spacial score (nSPS) is 12.1. The van der Waals surface area contributed by atoms with E-state index in [0.29, 0.717) is 6.54 Å². The number of hydrogen-bond donors (Lipinski definition) is 1. The second-order valence-corrected chi connectivity index (χ2v) is 4.28. The van der Waals surface area contributed by atoms with Gasteiger partial charge in [0.1, 0.15) is 6.33 Å². The molecule has 1 aromatic carbocycles. The molecule has 6 nitrogen and oxygen atoms in total. The van der Waals surface area contributed by atoms with Gasteiger partial charge in [-0.3, -0.25) is 4.79 Å². The molecule has 1 atom stereocenters. The Morgan fingerprint density at radius 1 is 1.40 bits per heavy atom. The summed E-state index contributed by atoms with van der Waals surface area (Å²) in [5.41, 5.74) is 0.824. The molecule has 0 aliphatic heterocycles. The number of nitrogens with zero attached hydrogens (tertiary/aromatic N) is 3. The zero-order chi connectivity index (χ0) is 14.4. The van der Waals surface area contributed by atoms with Crippen molar-refractivity contribution in [2.24, 2.45) is 0 Å². The van der Waals surface area contributed by atoms with Gasteiger partial charge in [0.15, 0.2) is 11.9 Å². The summed E-state index contributed by atoms with van der Waals surface area (Å²) in [6, 6.07) is 9.38. The van der Waals surface area contributed by atoms with Crippen LogP contribution in [0, 0.1) is 0 Å². The predicted molar refractivity (Wildman–Crippen MR) is 73.7 cm³/mol. The van der Waals surface area contributed by atoms with E-state index in [9.17, 15) is 4.79 Å². The van der Waals surface area contributed by atoms with E-state index >= 15 is 0 Å². The Hall–Kier alpha value is -2.21. The number of carbonyl (C=O) groups is 1. The zero-order valence-corrected chi connectivity index (χ0v) is 11.6. The SMILES string of the molecule is CCn1cnnc1CNC(=O)[C@@H](OC)c1ccccc1. The Balaban J connectivity index is 2.00. The summed E-state index contributed by atoms with van der Waals surface area (Å²) in [5.74, 6) is 0.535. The van der Waals surface area contributed by atoms with E-state index in [1.54, 1.807) is 6.33 Å². The number of ether oxygens (including phenoxy) is 1. The first-order valence-electron chi connectivity index (χ1n) is 6.48. The van der Waals surface area contributed by atoms with Crippen LogP contribution < -0.4 is 5.32 Å². The third-order valence-electron chi connectivity index (χ3n) is 3.03.